The molecule has 0 atom stereocenters. The first kappa shape index (κ1) is 17.7. The summed E-state index contributed by atoms with van der Waals surface area (Å²) in [7, 11) is 6.41. The Hall–Kier alpha value is -2.70. The van der Waals surface area contributed by atoms with Crippen LogP contribution in [0.2, 0.25) is 0 Å². The molecule has 1 amide bonds. The molecule has 0 radical (unpaired) electrons. The van der Waals surface area contributed by atoms with Crippen molar-refractivity contribution in [2.75, 3.05) is 21.3 Å². The van der Waals surface area contributed by atoms with Gasteiger partial charge in [-0.15, -0.1) is 0 Å². The fraction of sp³-hybridized carbons (Fsp3) is 0.412. The number of hydrogen-bond donors (Lipinski definition) is 1. The highest BCUT2D eigenvalue weighted by molar-refractivity contribution is 5.98. The van der Waals surface area contributed by atoms with Crippen LogP contribution in [0.3, 0.4) is 0 Å². The van der Waals surface area contributed by atoms with E-state index in [1.165, 1.54) is 21.3 Å². The summed E-state index contributed by atoms with van der Waals surface area (Å²) in [5.74, 6) is 0.982. The Bertz CT molecular complexity index is 753. The number of carbonyl (C=O) groups excluding carboxylic acids is 1. The van der Waals surface area contributed by atoms with Crippen LogP contribution < -0.4 is 19.5 Å². The average molecular weight is 333 g/mol. The van der Waals surface area contributed by atoms with Crippen molar-refractivity contribution in [1.82, 2.24) is 15.1 Å². The molecule has 1 heterocycles. The molecule has 1 N–H and O–H groups in total. The van der Waals surface area contributed by atoms with Gasteiger partial charge in [-0.25, -0.2) is 0 Å². The second-order valence-electron chi connectivity index (χ2n) is 5.34. The summed E-state index contributed by atoms with van der Waals surface area (Å²) in [5.41, 5.74) is 3.31. The van der Waals surface area contributed by atoms with Gasteiger partial charge in [0, 0.05) is 24.8 Å². The van der Waals surface area contributed by atoms with E-state index >= 15 is 0 Å². The number of ether oxygens (including phenoxy) is 3. The van der Waals surface area contributed by atoms with E-state index in [4.69, 9.17) is 14.2 Å². The highest BCUT2D eigenvalue weighted by Gasteiger charge is 2.21. The zero-order chi connectivity index (χ0) is 17.9. The average Bonchev–Trinajstić information content (AvgIpc) is 2.83. The van der Waals surface area contributed by atoms with Gasteiger partial charge >= 0.3 is 0 Å². The van der Waals surface area contributed by atoms with Crippen LogP contribution in [-0.4, -0.2) is 37.0 Å². The van der Waals surface area contributed by atoms with E-state index in [1.54, 1.807) is 16.8 Å². The summed E-state index contributed by atoms with van der Waals surface area (Å²) >= 11 is 0. The van der Waals surface area contributed by atoms with Crippen molar-refractivity contribution in [1.29, 1.82) is 0 Å². The molecule has 24 heavy (non-hydrogen) atoms. The van der Waals surface area contributed by atoms with E-state index in [-0.39, 0.29) is 5.91 Å². The molecule has 0 spiro atoms. The molecule has 1 aromatic carbocycles. The summed E-state index contributed by atoms with van der Waals surface area (Å²) in [4.78, 5) is 12.6. The number of carbonyl (C=O) groups is 1. The van der Waals surface area contributed by atoms with Gasteiger partial charge in [0.2, 0.25) is 5.75 Å². The number of nitrogens with one attached hydrogen (secondary N) is 1. The first-order valence-electron chi connectivity index (χ1n) is 7.50. The minimum Gasteiger partial charge on any atom is -0.493 e. The van der Waals surface area contributed by atoms with Crippen molar-refractivity contribution in [2.24, 2.45) is 7.05 Å². The Balaban J connectivity index is 2.27. The van der Waals surface area contributed by atoms with E-state index in [2.05, 4.69) is 10.4 Å². The first-order valence-corrected chi connectivity index (χ1v) is 7.50. The van der Waals surface area contributed by atoms with E-state index in [9.17, 15) is 4.79 Å². The quantitative estimate of drug-likeness (QED) is 0.875. The Morgan fingerprint density at radius 1 is 1.12 bits per heavy atom. The molecule has 0 aliphatic carbocycles. The highest BCUT2D eigenvalue weighted by Crippen LogP contribution is 2.39. The molecular weight excluding hydrogens is 310 g/mol. The predicted octanol–water partition coefficient (Wildman–Crippen LogP) is 1.99. The molecule has 0 saturated heterocycles. The summed E-state index contributed by atoms with van der Waals surface area (Å²) in [5, 5.41) is 7.25. The van der Waals surface area contributed by atoms with Crippen molar-refractivity contribution < 1.29 is 19.0 Å². The lowest BCUT2D eigenvalue weighted by Gasteiger charge is -2.15. The van der Waals surface area contributed by atoms with Gasteiger partial charge in [0.15, 0.2) is 11.5 Å². The molecule has 2 aromatic rings. The van der Waals surface area contributed by atoms with Crippen LogP contribution in [0.5, 0.6) is 17.2 Å². The SMILES string of the molecule is COc1ccc(C(=O)NCc2c(C)nn(C)c2C)c(OC)c1OC. The number of amides is 1. The minimum atomic E-state index is -0.254. The minimum absolute atomic E-state index is 0.254. The Morgan fingerprint density at radius 2 is 1.79 bits per heavy atom. The van der Waals surface area contributed by atoms with Gasteiger partial charge in [0.1, 0.15) is 0 Å². The van der Waals surface area contributed by atoms with Gasteiger partial charge in [-0.05, 0) is 26.0 Å². The van der Waals surface area contributed by atoms with Crippen LogP contribution >= 0.6 is 0 Å². The monoisotopic (exact) mass is 333 g/mol. The van der Waals surface area contributed by atoms with Crippen LogP contribution in [0.1, 0.15) is 27.3 Å². The fourth-order valence-electron chi connectivity index (χ4n) is 2.62. The molecule has 7 nitrogen and oxygen atoms in total. The maximum Gasteiger partial charge on any atom is 0.255 e. The number of aromatic nitrogens is 2. The number of rotatable bonds is 6. The largest absolute Gasteiger partial charge is 0.493 e. The highest BCUT2D eigenvalue weighted by atomic mass is 16.5. The van der Waals surface area contributed by atoms with Gasteiger partial charge in [0.25, 0.3) is 5.91 Å². The molecule has 0 aliphatic rings. The van der Waals surface area contributed by atoms with Gasteiger partial charge in [0.05, 0.1) is 32.6 Å². The third kappa shape index (κ3) is 3.15. The molecule has 130 valence electrons. The molecule has 7 heteroatoms. The van der Waals surface area contributed by atoms with Gasteiger partial charge in [-0.2, -0.15) is 5.10 Å². The normalized spacial score (nSPS) is 10.4. The predicted molar refractivity (Wildman–Crippen MR) is 90.0 cm³/mol. The number of nitrogens with zero attached hydrogens (tertiary/aromatic N) is 2. The van der Waals surface area contributed by atoms with E-state index in [0.29, 0.717) is 29.4 Å². The third-order valence-corrected chi connectivity index (χ3v) is 4.03. The molecule has 0 bridgehead atoms. The lowest BCUT2D eigenvalue weighted by atomic mass is 10.1. The number of aryl methyl sites for hydroxylation is 2. The van der Waals surface area contributed by atoms with Crippen LogP contribution in [0.25, 0.3) is 0 Å². The van der Waals surface area contributed by atoms with E-state index in [1.807, 2.05) is 20.9 Å². The van der Waals surface area contributed by atoms with Crippen LogP contribution in [0.15, 0.2) is 12.1 Å². The lowest BCUT2D eigenvalue weighted by Crippen LogP contribution is -2.24. The summed E-state index contributed by atoms with van der Waals surface area (Å²) in [6, 6.07) is 3.33. The molecule has 1 aromatic heterocycles. The Morgan fingerprint density at radius 3 is 2.29 bits per heavy atom. The maximum absolute atomic E-state index is 12.6. The third-order valence-electron chi connectivity index (χ3n) is 4.03. The standard InChI is InChI=1S/C17H23N3O4/c1-10-13(11(2)20(3)19-10)9-18-17(21)12-7-8-14(22-4)16(24-6)15(12)23-5/h7-8H,9H2,1-6H3,(H,18,21). The summed E-state index contributed by atoms with van der Waals surface area (Å²) in [6.45, 7) is 4.28. The van der Waals surface area contributed by atoms with Gasteiger partial charge in [-0.1, -0.05) is 0 Å². The van der Waals surface area contributed by atoms with Crippen LogP contribution in [-0.2, 0) is 13.6 Å². The summed E-state index contributed by atoms with van der Waals surface area (Å²) < 4.78 is 17.7. The van der Waals surface area contributed by atoms with Gasteiger partial charge < -0.3 is 19.5 Å². The van der Waals surface area contributed by atoms with Crippen LogP contribution in [0.4, 0.5) is 0 Å². The summed E-state index contributed by atoms with van der Waals surface area (Å²) in [6.07, 6.45) is 0. The molecule has 0 aliphatic heterocycles. The van der Waals surface area contributed by atoms with E-state index in [0.717, 1.165) is 17.0 Å². The van der Waals surface area contributed by atoms with Crippen molar-refractivity contribution in [3.05, 3.63) is 34.6 Å². The fourth-order valence-corrected chi connectivity index (χ4v) is 2.62. The smallest absolute Gasteiger partial charge is 0.255 e. The Kier molecular flexibility index (Phi) is 5.33. The molecule has 0 unspecified atom stereocenters. The van der Waals surface area contributed by atoms with Gasteiger partial charge in [-0.3, -0.25) is 9.48 Å². The number of hydrogen-bond acceptors (Lipinski definition) is 5. The second-order valence-corrected chi connectivity index (χ2v) is 5.34. The topological polar surface area (TPSA) is 74.6 Å². The molecule has 2 rings (SSSR count). The van der Waals surface area contributed by atoms with Crippen LogP contribution in [0, 0.1) is 13.8 Å². The second kappa shape index (κ2) is 7.25. The first-order chi connectivity index (χ1) is 11.4. The van der Waals surface area contributed by atoms with E-state index < -0.39 is 0 Å². The molecule has 0 fully saturated rings. The van der Waals surface area contributed by atoms with Crippen molar-refractivity contribution in [3.63, 3.8) is 0 Å². The zero-order valence-electron chi connectivity index (χ0n) is 14.9. The lowest BCUT2D eigenvalue weighted by molar-refractivity contribution is 0.0947. The number of benzene rings is 1. The number of methoxy groups -OCH3 is 3. The maximum atomic E-state index is 12.6. The Labute approximate surface area is 141 Å². The van der Waals surface area contributed by atoms with Crippen molar-refractivity contribution >= 4 is 5.91 Å². The molecular formula is C17H23N3O4. The zero-order valence-corrected chi connectivity index (χ0v) is 14.9. The van der Waals surface area contributed by atoms with Crippen molar-refractivity contribution in [2.45, 2.75) is 20.4 Å². The molecule has 0 saturated carbocycles. The van der Waals surface area contributed by atoms with Crippen molar-refractivity contribution in [3.8, 4) is 17.2 Å².